The Bertz CT molecular complexity index is 778. The van der Waals surface area contributed by atoms with Crippen molar-refractivity contribution >= 4 is 23.3 Å². The molecular formula is C18H19N3O4. The number of fused-ring (bicyclic) bond motifs is 1. The first-order valence-corrected chi connectivity index (χ1v) is 7.91. The van der Waals surface area contributed by atoms with Crippen LogP contribution in [-0.2, 0) is 4.79 Å². The van der Waals surface area contributed by atoms with E-state index < -0.39 is 0 Å². The van der Waals surface area contributed by atoms with E-state index in [0.717, 1.165) is 0 Å². The van der Waals surface area contributed by atoms with Crippen molar-refractivity contribution in [2.24, 2.45) is 0 Å². The Morgan fingerprint density at radius 3 is 2.52 bits per heavy atom. The van der Waals surface area contributed by atoms with E-state index >= 15 is 0 Å². The summed E-state index contributed by atoms with van der Waals surface area (Å²) < 4.78 is 11.4. The molecule has 0 bridgehead atoms. The van der Waals surface area contributed by atoms with Crippen LogP contribution in [0.25, 0.3) is 0 Å². The van der Waals surface area contributed by atoms with Crippen LogP contribution in [0.15, 0.2) is 48.5 Å². The number of hydrogen-bond donors (Lipinski definition) is 3. The lowest BCUT2D eigenvalue weighted by molar-refractivity contribution is -0.114. The molecule has 3 N–H and O–H groups in total. The molecule has 1 heterocycles. The van der Waals surface area contributed by atoms with Gasteiger partial charge in [0.25, 0.3) is 0 Å². The molecule has 2 aromatic carbocycles. The minimum Gasteiger partial charge on any atom is -0.486 e. The summed E-state index contributed by atoms with van der Waals surface area (Å²) in [5.41, 5.74) is 1.20. The van der Waals surface area contributed by atoms with Gasteiger partial charge in [0, 0.05) is 18.3 Å². The number of benzene rings is 2. The van der Waals surface area contributed by atoms with Gasteiger partial charge in [-0.25, -0.2) is 4.79 Å². The zero-order valence-corrected chi connectivity index (χ0v) is 13.7. The van der Waals surface area contributed by atoms with Crippen molar-refractivity contribution in [2.75, 3.05) is 23.8 Å². The molecule has 0 aromatic heterocycles. The second-order valence-electron chi connectivity index (χ2n) is 5.59. The van der Waals surface area contributed by atoms with E-state index in [1.54, 1.807) is 24.3 Å². The average molecular weight is 341 g/mol. The molecule has 1 unspecified atom stereocenters. The maximum Gasteiger partial charge on any atom is 0.319 e. The molecule has 3 amide bonds. The first-order valence-electron chi connectivity index (χ1n) is 7.91. The summed E-state index contributed by atoms with van der Waals surface area (Å²) >= 11 is 0. The van der Waals surface area contributed by atoms with Gasteiger partial charge in [0.15, 0.2) is 17.6 Å². The van der Waals surface area contributed by atoms with Crippen LogP contribution in [0.5, 0.6) is 11.5 Å². The molecule has 130 valence electrons. The molecule has 0 saturated carbocycles. The summed E-state index contributed by atoms with van der Waals surface area (Å²) in [7, 11) is 0. The summed E-state index contributed by atoms with van der Waals surface area (Å²) in [5, 5.41) is 8.13. The number of para-hydroxylation sites is 2. The number of ether oxygens (including phenoxy) is 2. The fourth-order valence-electron chi connectivity index (χ4n) is 2.42. The predicted molar refractivity (Wildman–Crippen MR) is 94.1 cm³/mol. The molecule has 0 saturated heterocycles. The van der Waals surface area contributed by atoms with Gasteiger partial charge < -0.3 is 25.4 Å². The number of hydrogen-bond acceptors (Lipinski definition) is 4. The number of carbonyl (C=O) groups excluding carboxylic acids is 2. The summed E-state index contributed by atoms with van der Waals surface area (Å²) in [4.78, 5) is 23.1. The van der Waals surface area contributed by atoms with Crippen LogP contribution in [-0.4, -0.2) is 31.2 Å². The molecule has 0 spiro atoms. The van der Waals surface area contributed by atoms with Crippen LogP contribution in [0.4, 0.5) is 16.2 Å². The predicted octanol–water partition coefficient (Wildman–Crippen LogP) is 2.61. The standard InChI is InChI=1S/C18H19N3O4/c1-12(22)20-13-5-4-6-14(9-13)21-18(23)19-10-15-11-24-16-7-2-3-8-17(16)25-15/h2-9,15H,10-11H2,1H3,(H,20,22)(H2,19,21,23). The van der Waals surface area contributed by atoms with Gasteiger partial charge in [-0.3, -0.25) is 4.79 Å². The van der Waals surface area contributed by atoms with E-state index in [2.05, 4.69) is 16.0 Å². The zero-order chi connectivity index (χ0) is 17.6. The van der Waals surface area contributed by atoms with E-state index in [-0.39, 0.29) is 18.0 Å². The number of amides is 3. The van der Waals surface area contributed by atoms with Crippen LogP contribution in [0, 0.1) is 0 Å². The molecule has 7 heteroatoms. The van der Waals surface area contributed by atoms with Gasteiger partial charge in [0.2, 0.25) is 5.91 Å². The van der Waals surface area contributed by atoms with Crippen LogP contribution in [0.2, 0.25) is 0 Å². The van der Waals surface area contributed by atoms with E-state index in [0.29, 0.717) is 36.0 Å². The SMILES string of the molecule is CC(=O)Nc1cccc(NC(=O)NCC2COc3ccccc3O2)c1. The molecule has 0 radical (unpaired) electrons. The van der Waals surface area contributed by atoms with Crippen molar-refractivity contribution in [2.45, 2.75) is 13.0 Å². The Morgan fingerprint density at radius 1 is 1.04 bits per heavy atom. The minimum atomic E-state index is -0.359. The monoisotopic (exact) mass is 341 g/mol. The third-order valence-electron chi connectivity index (χ3n) is 3.50. The van der Waals surface area contributed by atoms with Gasteiger partial charge in [-0.1, -0.05) is 18.2 Å². The fraction of sp³-hybridized carbons (Fsp3) is 0.222. The second kappa shape index (κ2) is 7.57. The van der Waals surface area contributed by atoms with Crippen LogP contribution >= 0.6 is 0 Å². The summed E-state index contributed by atoms with van der Waals surface area (Å²) in [6, 6.07) is 14.0. The Labute approximate surface area is 145 Å². The van der Waals surface area contributed by atoms with Crippen molar-refractivity contribution in [1.82, 2.24) is 5.32 Å². The first-order chi connectivity index (χ1) is 12.1. The van der Waals surface area contributed by atoms with E-state index in [9.17, 15) is 9.59 Å². The first kappa shape index (κ1) is 16.6. The highest BCUT2D eigenvalue weighted by atomic mass is 16.6. The molecule has 1 atom stereocenters. The quantitative estimate of drug-likeness (QED) is 0.797. The van der Waals surface area contributed by atoms with Crippen molar-refractivity contribution in [3.05, 3.63) is 48.5 Å². The lowest BCUT2D eigenvalue weighted by Crippen LogP contribution is -2.42. The largest absolute Gasteiger partial charge is 0.486 e. The average Bonchev–Trinajstić information content (AvgIpc) is 2.59. The van der Waals surface area contributed by atoms with E-state index in [4.69, 9.17) is 9.47 Å². The second-order valence-corrected chi connectivity index (χ2v) is 5.59. The lowest BCUT2D eigenvalue weighted by atomic mass is 10.2. The van der Waals surface area contributed by atoms with Gasteiger partial charge >= 0.3 is 6.03 Å². The molecule has 25 heavy (non-hydrogen) atoms. The molecule has 0 aliphatic carbocycles. The van der Waals surface area contributed by atoms with E-state index in [1.807, 2.05) is 24.3 Å². The third kappa shape index (κ3) is 4.63. The van der Waals surface area contributed by atoms with Gasteiger partial charge in [-0.05, 0) is 30.3 Å². The zero-order valence-electron chi connectivity index (χ0n) is 13.7. The third-order valence-corrected chi connectivity index (χ3v) is 3.50. The molecule has 2 aromatic rings. The Kier molecular flexibility index (Phi) is 5.03. The van der Waals surface area contributed by atoms with Crippen LogP contribution in [0.1, 0.15) is 6.92 Å². The van der Waals surface area contributed by atoms with Crippen molar-refractivity contribution in [3.63, 3.8) is 0 Å². The Morgan fingerprint density at radius 2 is 1.76 bits per heavy atom. The van der Waals surface area contributed by atoms with Gasteiger partial charge in [0.1, 0.15) is 6.61 Å². The topological polar surface area (TPSA) is 88.7 Å². The summed E-state index contributed by atoms with van der Waals surface area (Å²) in [5.74, 6) is 1.21. The summed E-state index contributed by atoms with van der Waals surface area (Å²) in [6.45, 7) is 2.11. The van der Waals surface area contributed by atoms with Crippen molar-refractivity contribution < 1.29 is 19.1 Å². The number of carbonyl (C=O) groups is 2. The number of nitrogens with one attached hydrogen (secondary N) is 3. The Hall–Kier alpha value is -3.22. The normalized spacial score (nSPS) is 15.2. The van der Waals surface area contributed by atoms with Crippen molar-refractivity contribution in [1.29, 1.82) is 0 Å². The van der Waals surface area contributed by atoms with E-state index in [1.165, 1.54) is 6.92 Å². The molecular weight excluding hydrogens is 322 g/mol. The maximum atomic E-state index is 12.0. The van der Waals surface area contributed by atoms with Gasteiger partial charge in [-0.2, -0.15) is 0 Å². The summed E-state index contributed by atoms with van der Waals surface area (Å²) in [6.07, 6.45) is -0.258. The smallest absolute Gasteiger partial charge is 0.319 e. The van der Waals surface area contributed by atoms with Gasteiger partial charge in [0.05, 0.1) is 6.54 Å². The number of rotatable bonds is 4. The van der Waals surface area contributed by atoms with Crippen molar-refractivity contribution in [3.8, 4) is 11.5 Å². The van der Waals surface area contributed by atoms with Crippen LogP contribution < -0.4 is 25.4 Å². The van der Waals surface area contributed by atoms with Gasteiger partial charge in [-0.15, -0.1) is 0 Å². The lowest BCUT2D eigenvalue weighted by Gasteiger charge is -2.26. The highest BCUT2D eigenvalue weighted by Crippen LogP contribution is 2.30. The van der Waals surface area contributed by atoms with Crippen LogP contribution in [0.3, 0.4) is 0 Å². The molecule has 0 fully saturated rings. The molecule has 1 aliphatic rings. The maximum absolute atomic E-state index is 12.0. The number of anilines is 2. The Balaban J connectivity index is 1.50. The number of urea groups is 1. The molecule has 1 aliphatic heterocycles. The highest BCUT2D eigenvalue weighted by Gasteiger charge is 2.20. The highest BCUT2D eigenvalue weighted by molar-refractivity contribution is 5.92. The minimum absolute atomic E-state index is 0.170. The molecule has 3 rings (SSSR count). The molecule has 7 nitrogen and oxygen atoms in total. The fourth-order valence-corrected chi connectivity index (χ4v) is 2.42.